The molecule has 1 nitrogen and oxygen atoms in total. The van der Waals surface area contributed by atoms with E-state index >= 15 is 0 Å². The Morgan fingerprint density at radius 3 is 2.92 bits per heavy atom. The van der Waals surface area contributed by atoms with E-state index in [0.717, 1.165) is 20.3 Å². The van der Waals surface area contributed by atoms with Crippen molar-refractivity contribution < 1.29 is 9.13 Å². The van der Waals surface area contributed by atoms with Crippen molar-refractivity contribution >= 4 is 37.4 Å². The maximum atomic E-state index is 12.9. The minimum Gasteiger partial charge on any atom is -0.495 e. The molecule has 0 saturated carbocycles. The summed E-state index contributed by atoms with van der Waals surface area (Å²) in [4.78, 5) is 0. The lowest BCUT2D eigenvalue weighted by molar-refractivity contribution is 0.421. The van der Waals surface area contributed by atoms with Gasteiger partial charge in [0.2, 0.25) is 0 Å². The van der Waals surface area contributed by atoms with E-state index in [0.29, 0.717) is 0 Å². The topological polar surface area (TPSA) is 9.23 Å². The number of fused-ring (bicyclic) bond motifs is 1. The molecule has 0 aliphatic rings. The normalized spacial score (nSPS) is 10.7. The first-order chi connectivity index (χ1) is 6.22. The monoisotopic (exact) mass is 260 g/mol. The van der Waals surface area contributed by atoms with Gasteiger partial charge in [0.1, 0.15) is 11.6 Å². The van der Waals surface area contributed by atoms with Gasteiger partial charge in [-0.3, -0.25) is 0 Å². The van der Waals surface area contributed by atoms with Gasteiger partial charge in [0.05, 0.1) is 7.11 Å². The Morgan fingerprint density at radius 1 is 1.46 bits per heavy atom. The van der Waals surface area contributed by atoms with E-state index in [4.69, 9.17) is 4.74 Å². The first kappa shape index (κ1) is 8.97. The van der Waals surface area contributed by atoms with Gasteiger partial charge in [-0.05, 0) is 28.1 Å². The van der Waals surface area contributed by atoms with Crippen LogP contribution in [0.5, 0.6) is 5.75 Å². The Balaban J connectivity index is 2.82. The standard InChI is InChI=1S/C9H6BrFOS/c1-12-7-4-13-8-3-5(11)2-6(10)9(7)8/h2-4H,1H3. The van der Waals surface area contributed by atoms with E-state index in [1.165, 1.54) is 23.5 Å². The Labute approximate surface area is 87.3 Å². The molecular formula is C9H6BrFOS. The highest BCUT2D eigenvalue weighted by atomic mass is 79.9. The number of hydrogen-bond donors (Lipinski definition) is 0. The summed E-state index contributed by atoms with van der Waals surface area (Å²) in [6, 6.07) is 2.95. The molecule has 2 aromatic rings. The number of rotatable bonds is 1. The molecule has 0 amide bonds. The summed E-state index contributed by atoms with van der Waals surface area (Å²) in [6.07, 6.45) is 0. The van der Waals surface area contributed by atoms with Crippen LogP contribution >= 0.6 is 27.3 Å². The third-order valence-corrected chi connectivity index (χ3v) is 3.31. The number of methoxy groups -OCH3 is 1. The summed E-state index contributed by atoms with van der Waals surface area (Å²) < 4.78 is 19.7. The average Bonchev–Trinajstić information content (AvgIpc) is 2.47. The van der Waals surface area contributed by atoms with Gasteiger partial charge >= 0.3 is 0 Å². The molecule has 0 saturated heterocycles. The molecule has 1 heterocycles. The Kier molecular flexibility index (Phi) is 2.26. The molecule has 68 valence electrons. The predicted octanol–water partition coefficient (Wildman–Crippen LogP) is 3.81. The summed E-state index contributed by atoms with van der Waals surface area (Å²) in [7, 11) is 1.61. The lowest BCUT2D eigenvalue weighted by Crippen LogP contribution is -1.81. The molecule has 4 heteroatoms. The predicted molar refractivity (Wildman–Crippen MR) is 56.0 cm³/mol. The molecule has 0 bridgehead atoms. The molecule has 1 aromatic carbocycles. The molecule has 1 aromatic heterocycles. The van der Waals surface area contributed by atoms with E-state index in [1.807, 2.05) is 5.38 Å². The third kappa shape index (κ3) is 1.44. The summed E-state index contributed by atoms with van der Waals surface area (Å²) in [5.41, 5.74) is 0. The fraction of sp³-hybridized carbons (Fsp3) is 0.111. The van der Waals surface area contributed by atoms with Gasteiger partial charge in [-0.2, -0.15) is 0 Å². The van der Waals surface area contributed by atoms with Crippen molar-refractivity contribution in [3.63, 3.8) is 0 Å². The zero-order chi connectivity index (χ0) is 9.42. The zero-order valence-electron chi connectivity index (χ0n) is 6.80. The second-order valence-corrected chi connectivity index (χ2v) is 4.33. The molecule has 0 N–H and O–H groups in total. The van der Waals surface area contributed by atoms with Crippen LogP contribution in [0.15, 0.2) is 22.0 Å². The second-order valence-electron chi connectivity index (χ2n) is 2.56. The van der Waals surface area contributed by atoms with Crippen LogP contribution in [0, 0.1) is 5.82 Å². The van der Waals surface area contributed by atoms with Crippen molar-refractivity contribution in [3.8, 4) is 5.75 Å². The largest absolute Gasteiger partial charge is 0.495 e. The van der Waals surface area contributed by atoms with Gasteiger partial charge in [0.25, 0.3) is 0 Å². The van der Waals surface area contributed by atoms with Gasteiger partial charge in [-0.25, -0.2) is 4.39 Å². The number of hydrogen-bond acceptors (Lipinski definition) is 2. The molecule has 0 fully saturated rings. The third-order valence-electron chi connectivity index (χ3n) is 1.78. The Hall–Kier alpha value is -0.610. The summed E-state index contributed by atoms with van der Waals surface area (Å²) >= 11 is 4.78. The molecule has 0 aliphatic carbocycles. The average molecular weight is 261 g/mol. The van der Waals surface area contributed by atoms with E-state index in [1.54, 1.807) is 7.11 Å². The van der Waals surface area contributed by atoms with Crippen molar-refractivity contribution in [2.45, 2.75) is 0 Å². The van der Waals surface area contributed by atoms with Crippen molar-refractivity contribution in [3.05, 3.63) is 27.8 Å². The molecule has 2 rings (SSSR count). The van der Waals surface area contributed by atoms with Gasteiger partial charge in [0, 0.05) is 19.9 Å². The van der Waals surface area contributed by atoms with E-state index in [-0.39, 0.29) is 5.82 Å². The lowest BCUT2D eigenvalue weighted by Gasteiger charge is -1.99. The zero-order valence-corrected chi connectivity index (χ0v) is 9.21. The molecule has 0 unspecified atom stereocenters. The van der Waals surface area contributed by atoms with Crippen LogP contribution in [0.25, 0.3) is 10.1 Å². The first-order valence-corrected chi connectivity index (χ1v) is 5.30. The number of ether oxygens (including phenoxy) is 1. The summed E-state index contributed by atoms with van der Waals surface area (Å²) in [5.74, 6) is 0.552. The molecule has 0 atom stereocenters. The van der Waals surface area contributed by atoms with E-state index in [2.05, 4.69) is 15.9 Å². The highest BCUT2D eigenvalue weighted by Gasteiger charge is 2.09. The molecule has 0 radical (unpaired) electrons. The Morgan fingerprint density at radius 2 is 2.23 bits per heavy atom. The maximum Gasteiger partial charge on any atom is 0.138 e. The smallest absolute Gasteiger partial charge is 0.138 e. The quantitative estimate of drug-likeness (QED) is 0.758. The maximum absolute atomic E-state index is 12.9. The lowest BCUT2D eigenvalue weighted by atomic mass is 10.2. The SMILES string of the molecule is COc1csc2cc(F)cc(Br)c12. The number of thiophene rings is 1. The van der Waals surface area contributed by atoms with Crippen molar-refractivity contribution in [2.24, 2.45) is 0 Å². The van der Waals surface area contributed by atoms with E-state index in [9.17, 15) is 4.39 Å². The highest BCUT2D eigenvalue weighted by Crippen LogP contribution is 2.37. The van der Waals surface area contributed by atoms with Gasteiger partial charge in [-0.15, -0.1) is 11.3 Å². The van der Waals surface area contributed by atoms with Crippen molar-refractivity contribution in [1.82, 2.24) is 0 Å². The number of halogens is 2. The fourth-order valence-corrected chi connectivity index (χ4v) is 2.92. The number of benzene rings is 1. The van der Waals surface area contributed by atoms with Crippen LogP contribution < -0.4 is 4.74 Å². The summed E-state index contributed by atoms with van der Waals surface area (Å²) in [5, 5.41) is 2.81. The highest BCUT2D eigenvalue weighted by molar-refractivity contribution is 9.10. The molecule has 0 spiro atoms. The van der Waals surface area contributed by atoms with Crippen LogP contribution in [-0.2, 0) is 0 Å². The van der Waals surface area contributed by atoms with Gasteiger partial charge in [-0.1, -0.05) is 0 Å². The van der Waals surface area contributed by atoms with Crippen LogP contribution in [0.1, 0.15) is 0 Å². The van der Waals surface area contributed by atoms with Crippen LogP contribution in [0.4, 0.5) is 4.39 Å². The van der Waals surface area contributed by atoms with Gasteiger partial charge in [0.15, 0.2) is 0 Å². The van der Waals surface area contributed by atoms with Gasteiger partial charge < -0.3 is 4.74 Å². The fourth-order valence-electron chi connectivity index (χ4n) is 1.21. The second kappa shape index (κ2) is 3.27. The minimum atomic E-state index is -0.233. The molecule has 13 heavy (non-hydrogen) atoms. The molecule has 0 aliphatic heterocycles. The van der Waals surface area contributed by atoms with Crippen LogP contribution in [-0.4, -0.2) is 7.11 Å². The summed E-state index contributed by atoms with van der Waals surface area (Å²) in [6.45, 7) is 0. The molecular weight excluding hydrogens is 255 g/mol. The van der Waals surface area contributed by atoms with Crippen molar-refractivity contribution in [2.75, 3.05) is 7.11 Å². The Bertz CT molecular complexity index is 452. The first-order valence-electron chi connectivity index (χ1n) is 3.62. The van der Waals surface area contributed by atoms with Crippen molar-refractivity contribution in [1.29, 1.82) is 0 Å². The van der Waals surface area contributed by atoms with Crippen LogP contribution in [0.2, 0.25) is 0 Å². The van der Waals surface area contributed by atoms with E-state index < -0.39 is 0 Å². The van der Waals surface area contributed by atoms with Crippen LogP contribution in [0.3, 0.4) is 0 Å². The minimum absolute atomic E-state index is 0.233.